The Bertz CT molecular complexity index is 656. The topological polar surface area (TPSA) is 127 Å². The quantitative estimate of drug-likeness (QED) is 0.623. The van der Waals surface area contributed by atoms with Gasteiger partial charge < -0.3 is 9.68 Å². The fraction of sp³-hybridized carbons (Fsp3) is 0.625. The summed E-state index contributed by atoms with van der Waals surface area (Å²) >= 11 is 0. The summed E-state index contributed by atoms with van der Waals surface area (Å²) in [5.74, 6) is -4.25. The molecule has 0 aromatic rings. The number of carbonyl (C=O) groups excluding carboxylic acids is 6. The highest BCUT2D eigenvalue weighted by Crippen LogP contribution is 2.34. The zero-order valence-corrected chi connectivity index (χ0v) is 14.0. The molecule has 0 radical (unpaired) electrons. The molecule has 2 heterocycles. The highest BCUT2D eigenvalue weighted by atomic mass is 16.7. The molecular weight excluding hydrogens is 348 g/mol. The molecule has 0 aromatic carbocycles. The van der Waals surface area contributed by atoms with Crippen LogP contribution in [-0.4, -0.2) is 45.7 Å². The second-order valence-corrected chi connectivity index (χ2v) is 6.62. The summed E-state index contributed by atoms with van der Waals surface area (Å²) in [4.78, 5) is 79.5. The van der Waals surface area contributed by atoms with E-state index in [9.17, 15) is 28.8 Å². The zero-order chi connectivity index (χ0) is 18.8. The van der Waals surface area contributed by atoms with Gasteiger partial charge in [-0.3, -0.25) is 19.2 Å². The first-order valence-corrected chi connectivity index (χ1v) is 8.49. The second kappa shape index (κ2) is 7.22. The van der Waals surface area contributed by atoms with Crippen LogP contribution < -0.4 is 0 Å². The summed E-state index contributed by atoms with van der Waals surface area (Å²) < 4.78 is 0. The normalized spacial score (nSPS) is 26.0. The van der Waals surface area contributed by atoms with Crippen molar-refractivity contribution >= 4 is 35.6 Å². The molecule has 2 unspecified atom stereocenters. The lowest BCUT2D eigenvalue weighted by Gasteiger charge is -2.16. The number of hydroxylamine groups is 4. The van der Waals surface area contributed by atoms with Crippen molar-refractivity contribution in [2.24, 2.45) is 11.8 Å². The molecule has 0 N–H and O–H groups in total. The molecule has 10 nitrogen and oxygen atoms in total. The number of imide groups is 2. The minimum atomic E-state index is -0.711. The van der Waals surface area contributed by atoms with Crippen LogP contribution in [0.3, 0.4) is 0 Å². The Morgan fingerprint density at radius 1 is 0.808 bits per heavy atom. The summed E-state index contributed by atoms with van der Waals surface area (Å²) in [6, 6.07) is 0. The molecule has 3 fully saturated rings. The van der Waals surface area contributed by atoms with Crippen molar-refractivity contribution in [3.05, 3.63) is 0 Å². The van der Waals surface area contributed by atoms with Crippen molar-refractivity contribution in [1.29, 1.82) is 0 Å². The van der Waals surface area contributed by atoms with Gasteiger partial charge in [0.05, 0.1) is 12.3 Å². The van der Waals surface area contributed by atoms with Gasteiger partial charge in [-0.05, 0) is 25.2 Å². The van der Waals surface area contributed by atoms with Crippen LogP contribution in [0.2, 0.25) is 0 Å². The Morgan fingerprint density at radius 2 is 1.31 bits per heavy atom. The molecule has 3 rings (SSSR count). The number of rotatable bonds is 5. The molecule has 1 aliphatic carbocycles. The van der Waals surface area contributed by atoms with E-state index in [0.29, 0.717) is 29.4 Å². The van der Waals surface area contributed by atoms with Crippen molar-refractivity contribution in [1.82, 2.24) is 10.1 Å². The summed E-state index contributed by atoms with van der Waals surface area (Å²) in [6.07, 6.45) is 1.41. The van der Waals surface area contributed by atoms with Crippen LogP contribution in [0.15, 0.2) is 0 Å². The number of hydrogen-bond acceptors (Lipinski definition) is 8. The smallest absolute Gasteiger partial charge is 0.330 e. The van der Waals surface area contributed by atoms with Crippen LogP contribution in [-0.2, 0) is 38.4 Å². The van der Waals surface area contributed by atoms with Crippen LogP contribution in [0.25, 0.3) is 0 Å². The van der Waals surface area contributed by atoms with Crippen LogP contribution in [0.4, 0.5) is 0 Å². The molecular formula is C16H18N2O8. The lowest BCUT2D eigenvalue weighted by molar-refractivity contribution is -0.200. The largest absolute Gasteiger partial charge is 0.336 e. The Morgan fingerprint density at radius 3 is 1.85 bits per heavy atom. The zero-order valence-electron chi connectivity index (χ0n) is 14.0. The van der Waals surface area contributed by atoms with Crippen molar-refractivity contribution in [2.45, 2.75) is 51.4 Å². The van der Waals surface area contributed by atoms with Crippen LogP contribution in [0.1, 0.15) is 51.4 Å². The van der Waals surface area contributed by atoms with E-state index in [1.54, 1.807) is 0 Å². The monoisotopic (exact) mass is 366 g/mol. The lowest BCUT2D eigenvalue weighted by atomic mass is 10.0. The van der Waals surface area contributed by atoms with Gasteiger partial charge in [0, 0.05) is 25.7 Å². The maximum absolute atomic E-state index is 12.1. The molecule has 0 spiro atoms. The number of nitrogens with zero attached hydrogens (tertiary/aromatic N) is 2. The van der Waals surface area contributed by atoms with Crippen molar-refractivity contribution < 1.29 is 38.4 Å². The van der Waals surface area contributed by atoms with Gasteiger partial charge in [0.25, 0.3) is 23.6 Å². The fourth-order valence-corrected chi connectivity index (χ4v) is 3.33. The van der Waals surface area contributed by atoms with Crippen LogP contribution in [0, 0.1) is 11.8 Å². The molecule has 2 aliphatic heterocycles. The first-order chi connectivity index (χ1) is 12.3. The van der Waals surface area contributed by atoms with E-state index in [0.717, 1.165) is 0 Å². The van der Waals surface area contributed by atoms with Gasteiger partial charge >= 0.3 is 11.9 Å². The Kier molecular flexibility index (Phi) is 5.01. The standard InChI is InChI=1S/C16H18N2O8/c19-11-3-4-12(20)17(11)25-15(23)8-9-1-2-10(7-9)16(24)26-18-13(21)5-6-14(18)22/h9-10H,1-8H2. The van der Waals surface area contributed by atoms with Gasteiger partial charge in [0.1, 0.15) is 0 Å². The van der Waals surface area contributed by atoms with E-state index in [-0.39, 0.29) is 38.0 Å². The van der Waals surface area contributed by atoms with Gasteiger partial charge in [0.2, 0.25) is 0 Å². The summed E-state index contributed by atoms with van der Waals surface area (Å²) in [5, 5.41) is 1.00. The van der Waals surface area contributed by atoms with Gasteiger partial charge in [0.15, 0.2) is 0 Å². The third kappa shape index (κ3) is 3.73. The predicted molar refractivity (Wildman–Crippen MR) is 79.8 cm³/mol. The summed E-state index contributed by atoms with van der Waals surface area (Å²) in [5.41, 5.74) is 0. The van der Waals surface area contributed by atoms with Gasteiger partial charge in [-0.15, -0.1) is 10.1 Å². The SMILES string of the molecule is O=C(CC1CCC(C(=O)ON2C(=O)CCC2=O)C1)ON1C(=O)CCC1=O. The van der Waals surface area contributed by atoms with E-state index < -0.39 is 41.5 Å². The summed E-state index contributed by atoms with van der Waals surface area (Å²) in [7, 11) is 0. The number of amides is 4. The van der Waals surface area contributed by atoms with E-state index in [1.807, 2.05) is 0 Å². The highest BCUT2D eigenvalue weighted by molar-refractivity contribution is 6.02. The number of carbonyl (C=O) groups is 6. The lowest BCUT2D eigenvalue weighted by Crippen LogP contribution is -2.34. The highest BCUT2D eigenvalue weighted by Gasteiger charge is 2.39. The molecule has 2 atom stereocenters. The molecule has 2 saturated heterocycles. The van der Waals surface area contributed by atoms with Crippen molar-refractivity contribution in [3.8, 4) is 0 Å². The summed E-state index contributed by atoms with van der Waals surface area (Å²) in [6.45, 7) is 0. The Balaban J connectivity index is 1.46. The average molecular weight is 366 g/mol. The van der Waals surface area contributed by atoms with Crippen LogP contribution >= 0.6 is 0 Å². The Labute approximate surface area is 148 Å². The van der Waals surface area contributed by atoms with Crippen molar-refractivity contribution in [3.63, 3.8) is 0 Å². The van der Waals surface area contributed by atoms with E-state index in [2.05, 4.69) is 0 Å². The van der Waals surface area contributed by atoms with Crippen molar-refractivity contribution in [2.75, 3.05) is 0 Å². The molecule has 1 saturated carbocycles. The first kappa shape index (κ1) is 18.0. The maximum atomic E-state index is 12.1. The average Bonchev–Trinajstić information content (AvgIpc) is 3.26. The van der Waals surface area contributed by atoms with E-state index in [4.69, 9.17) is 9.68 Å². The molecule has 26 heavy (non-hydrogen) atoms. The second-order valence-electron chi connectivity index (χ2n) is 6.62. The van der Waals surface area contributed by atoms with Gasteiger partial charge in [-0.2, -0.15) is 0 Å². The Hall–Kier alpha value is -2.78. The van der Waals surface area contributed by atoms with Gasteiger partial charge in [-0.25, -0.2) is 9.59 Å². The van der Waals surface area contributed by atoms with Gasteiger partial charge in [-0.1, -0.05) is 0 Å². The number of hydrogen-bond donors (Lipinski definition) is 0. The molecule has 10 heteroatoms. The first-order valence-electron chi connectivity index (χ1n) is 8.49. The molecule has 0 bridgehead atoms. The maximum Gasteiger partial charge on any atom is 0.336 e. The molecule has 4 amide bonds. The fourth-order valence-electron chi connectivity index (χ4n) is 3.33. The predicted octanol–water partition coefficient (Wildman–Crippen LogP) is 0.00720. The molecule has 140 valence electrons. The van der Waals surface area contributed by atoms with Crippen LogP contribution in [0.5, 0.6) is 0 Å². The minimum absolute atomic E-state index is 0.0252. The molecule has 3 aliphatic rings. The van der Waals surface area contributed by atoms with E-state index in [1.165, 1.54) is 0 Å². The third-order valence-corrected chi connectivity index (χ3v) is 4.72. The van der Waals surface area contributed by atoms with E-state index >= 15 is 0 Å². The third-order valence-electron chi connectivity index (χ3n) is 4.72. The minimum Gasteiger partial charge on any atom is -0.330 e. The molecule has 0 aromatic heterocycles.